The molecule has 3 aromatic rings. The lowest BCUT2D eigenvalue weighted by Gasteiger charge is -2.08. The summed E-state index contributed by atoms with van der Waals surface area (Å²) in [6.07, 6.45) is 0.827. The molecule has 1 heterocycles. The molecule has 2 aromatic carbocycles. The summed E-state index contributed by atoms with van der Waals surface area (Å²) in [4.78, 5) is 25.6. The van der Waals surface area contributed by atoms with Crippen LogP contribution in [-0.2, 0) is 0 Å². The number of nitrogens with one attached hydrogen (secondary N) is 2. The fourth-order valence-electron chi connectivity index (χ4n) is 2.57. The van der Waals surface area contributed by atoms with Crippen molar-refractivity contribution < 1.29 is 14.0 Å². The minimum Gasteiger partial charge on any atom is -0.352 e. The summed E-state index contributed by atoms with van der Waals surface area (Å²) < 4.78 is 13.9. The van der Waals surface area contributed by atoms with Gasteiger partial charge in [-0.25, -0.2) is 4.39 Å². The molecule has 28 heavy (non-hydrogen) atoms. The van der Waals surface area contributed by atoms with Gasteiger partial charge in [0.1, 0.15) is 5.82 Å². The first kappa shape index (κ1) is 20.0. The molecular formula is C21H18ClFN2O2S. The third-order valence-corrected chi connectivity index (χ3v) is 5.41. The Balaban J connectivity index is 1.72. The van der Waals surface area contributed by atoms with Gasteiger partial charge in [0.05, 0.1) is 15.5 Å². The molecule has 4 nitrogen and oxygen atoms in total. The van der Waals surface area contributed by atoms with Crippen LogP contribution in [0.15, 0.2) is 54.6 Å². The van der Waals surface area contributed by atoms with Crippen LogP contribution in [0, 0.1) is 5.82 Å². The molecule has 0 radical (unpaired) electrons. The zero-order valence-electron chi connectivity index (χ0n) is 15.1. The first-order valence-corrected chi connectivity index (χ1v) is 9.93. The first-order chi connectivity index (χ1) is 13.5. The summed E-state index contributed by atoms with van der Waals surface area (Å²) >= 11 is 7.38. The molecule has 3 rings (SSSR count). The lowest BCUT2D eigenvalue weighted by molar-refractivity contribution is 0.0953. The number of rotatable bonds is 6. The molecule has 7 heteroatoms. The van der Waals surface area contributed by atoms with Gasteiger partial charge in [-0.05, 0) is 42.8 Å². The Morgan fingerprint density at radius 1 is 1.07 bits per heavy atom. The summed E-state index contributed by atoms with van der Waals surface area (Å²) in [7, 11) is 0. The van der Waals surface area contributed by atoms with Gasteiger partial charge >= 0.3 is 0 Å². The van der Waals surface area contributed by atoms with Gasteiger partial charge in [0.25, 0.3) is 11.8 Å². The number of benzene rings is 2. The second kappa shape index (κ2) is 8.99. The molecule has 0 saturated heterocycles. The van der Waals surface area contributed by atoms with Crippen LogP contribution >= 0.6 is 22.9 Å². The smallest absolute Gasteiger partial charge is 0.265 e. The number of anilines is 1. The van der Waals surface area contributed by atoms with Crippen molar-refractivity contribution in [1.29, 1.82) is 0 Å². The Kier molecular flexibility index (Phi) is 6.44. The molecule has 0 spiro atoms. The first-order valence-electron chi connectivity index (χ1n) is 8.73. The van der Waals surface area contributed by atoms with E-state index in [0.29, 0.717) is 33.1 Å². The lowest BCUT2D eigenvalue weighted by Crippen LogP contribution is -2.24. The normalized spacial score (nSPS) is 10.5. The molecule has 0 unspecified atom stereocenters. The maximum absolute atomic E-state index is 13.9. The number of hydrogen-bond acceptors (Lipinski definition) is 3. The molecule has 0 bridgehead atoms. The molecule has 0 aliphatic heterocycles. The van der Waals surface area contributed by atoms with Crippen LogP contribution in [0.5, 0.6) is 0 Å². The third kappa shape index (κ3) is 4.58. The molecule has 0 fully saturated rings. The van der Waals surface area contributed by atoms with Crippen molar-refractivity contribution in [2.24, 2.45) is 0 Å². The van der Waals surface area contributed by atoms with Crippen molar-refractivity contribution in [3.05, 3.63) is 75.9 Å². The van der Waals surface area contributed by atoms with Gasteiger partial charge in [0.15, 0.2) is 0 Å². The highest BCUT2D eigenvalue weighted by Gasteiger charge is 2.15. The molecule has 2 N–H and O–H groups in total. The number of carbonyl (C=O) groups excluding carboxylic acids is 2. The van der Waals surface area contributed by atoms with Crippen molar-refractivity contribution in [1.82, 2.24) is 5.32 Å². The predicted molar refractivity (Wildman–Crippen MR) is 112 cm³/mol. The quantitative estimate of drug-likeness (QED) is 0.549. The van der Waals surface area contributed by atoms with E-state index < -0.39 is 0 Å². The number of carbonyl (C=O) groups is 2. The van der Waals surface area contributed by atoms with Gasteiger partial charge < -0.3 is 10.6 Å². The fraction of sp³-hybridized carbons (Fsp3) is 0.143. The van der Waals surface area contributed by atoms with E-state index in [4.69, 9.17) is 11.6 Å². The monoisotopic (exact) mass is 416 g/mol. The molecular weight excluding hydrogens is 399 g/mol. The Morgan fingerprint density at radius 2 is 1.86 bits per heavy atom. The molecule has 0 aliphatic rings. The Labute approximate surface area is 171 Å². The van der Waals surface area contributed by atoms with Crippen LogP contribution in [0.1, 0.15) is 33.4 Å². The fourth-order valence-corrected chi connectivity index (χ4v) is 3.76. The number of halogens is 2. The maximum Gasteiger partial charge on any atom is 0.265 e. The summed E-state index contributed by atoms with van der Waals surface area (Å²) in [6, 6.07) is 14.5. The third-order valence-electron chi connectivity index (χ3n) is 3.98. The standard InChI is InChI=1S/C21H18ClFN2O2S/c1-2-11-24-20(26)14-8-7-13(12-16(14)22)25-21(27)19-10-9-18(28-19)15-5-3-4-6-17(15)23/h3-10,12H,2,11H2,1H3,(H,24,26)(H,25,27). The molecule has 1 aromatic heterocycles. The van der Waals surface area contributed by atoms with Gasteiger partial charge in [-0.3, -0.25) is 9.59 Å². The van der Waals surface area contributed by atoms with E-state index in [2.05, 4.69) is 10.6 Å². The zero-order chi connectivity index (χ0) is 20.1. The molecule has 144 valence electrons. The van der Waals surface area contributed by atoms with Crippen LogP contribution in [-0.4, -0.2) is 18.4 Å². The highest BCUT2D eigenvalue weighted by Crippen LogP contribution is 2.30. The SMILES string of the molecule is CCCNC(=O)c1ccc(NC(=O)c2ccc(-c3ccccc3F)s2)cc1Cl. The molecule has 0 saturated carbocycles. The highest BCUT2D eigenvalue weighted by atomic mass is 35.5. The predicted octanol–water partition coefficient (Wildman–Crippen LogP) is 5.60. The largest absolute Gasteiger partial charge is 0.352 e. The highest BCUT2D eigenvalue weighted by molar-refractivity contribution is 7.17. The second-order valence-corrected chi connectivity index (χ2v) is 7.54. The van der Waals surface area contributed by atoms with Gasteiger partial charge in [0.2, 0.25) is 0 Å². The van der Waals surface area contributed by atoms with Crippen LogP contribution in [0.2, 0.25) is 5.02 Å². The summed E-state index contributed by atoms with van der Waals surface area (Å²) in [5, 5.41) is 5.76. The van der Waals surface area contributed by atoms with Crippen molar-refractivity contribution >= 4 is 40.4 Å². The van der Waals surface area contributed by atoms with Crippen LogP contribution < -0.4 is 10.6 Å². The lowest BCUT2D eigenvalue weighted by atomic mass is 10.2. The number of hydrogen-bond donors (Lipinski definition) is 2. The number of amides is 2. The average molecular weight is 417 g/mol. The molecule has 0 atom stereocenters. The van der Waals surface area contributed by atoms with E-state index in [9.17, 15) is 14.0 Å². The van der Waals surface area contributed by atoms with Crippen molar-refractivity contribution in [2.75, 3.05) is 11.9 Å². The van der Waals surface area contributed by atoms with E-state index in [1.165, 1.54) is 23.5 Å². The van der Waals surface area contributed by atoms with Gasteiger partial charge in [-0.1, -0.05) is 36.7 Å². The Morgan fingerprint density at radius 3 is 2.57 bits per heavy atom. The van der Waals surface area contributed by atoms with Crippen LogP contribution in [0.25, 0.3) is 10.4 Å². The molecule has 0 aliphatic carbocycles. The summed E-state index contributed by atoms with van der Waals surface area (Å²) in [5.41, 5.74) is 1.28. The van der Waals surface area contributed by atoms with E-state index in [0.717, 1.165) is 6.42 Å². The van der Waals surface area contributed by atoms with Gasteiger partial charge in [-0.15, -0.1) is 11.3 Å². The minimum atomic E-state index is -0.333. The zero-order valence-corrected chi connectivity index (χ0v) is 16.7. The Hall–Kier alpha value is -2.70. The summed E-state index contributed by atoms with van der Waals surface area (Å²) in [5.74, 6) is -0.913. The minimum absolute atomic E-state index is 0.252. The molecule has 2 amide bonds. The van der Waals surface area contributed by atoms with Crippen molar-refractivity contribution in [2.45, 2.75) is 13.3 Å². The van der Waals surface area contributed by atoms with Crippen LogP contribution in [0.4, 0.5) is 10.1 Å². The number of thiophene rings is 1. The second-order valence-electron chi connectivity index (χ2n) is 6.05. The topological polar surface area (TPSA) is 58.2 Å². The van der Waals surface area contributed by atoms with E-state index in [-0.39, 0.29) is 22.7 Å². The van der Waals surface area contributed by atoms with Crippen LogP contribution in [0.3, 0.4) is 0 Å². The average Bonchev–Trinajstić information content (AvgIpc) is 3.16. The van der Waals surface area contributed by atoms with E-state index in [1.54, 1.807) is 42.5 Å². The Bertz CT molecular complexity index is 1020. The van der Waals surface area contributed by atoms with Gasteiger partial charge in [0, 0.05) is 22.7 Å². The maximum atomic E-state index is 13.9. The van der Waals surface area contributed by atoms with E-state index in [1.807, 2.05) is 6.92 Å². The van der Waals surface area contributed by atoms with Crippen molar-refractivity contribution in [3.8, 4) is 10.4 Å². The van der Waals surface area contributed by atoms with E-state index >= 15 is 0 Å². The van der Waals surface area contributed by atoms with Gasteiger partial charge in [-0.2, -0.15) is 0 Å². The summed E-state index contributed by atoms with van der Waals surface area (Å²) in [6.45, 7) is 2.53. The van der Waals surface area contributed by atoms with Crippen molar-refractivity contribution in [3.63, 3.8) is 0 Å².